The SMILES string of the molecule is CCCCNS(=O)(=O)c1ccc(OCC(=O)Nc2cc(F)ccc2C)cc1. The van der Waals surface area contributed by atoms with E-state index in [1.807, 2.05) is 6.92 Å². The second-order valence-electron chi connectivity index (χ2n) is 6.02. The average molecular weight is 394 g/mol. The van der Waals surface area contributed by atoms with Gasteiger partial charge in [-0.1, -0.05) is 19.4 Å². The number of unbranched alkanes of at least 4 members (excludes halogenated alkanes) is 1. The number of halogens is 1. The first-order valence-electron chi connectivity index (χ1n) is 8.60. The summed E-state index contributed by atoms with van der Waals surface area (Å²) in [5.74, 6) is -0.531. The van der Waals surface area contributed by atoms with Crippen LogP contribution in [0.2, 0.25) is 0 Å². The fourth-order valence-electron chi connectivity index (χ4n) is 2.25. The van der Waals surface area contributed by atoms with Crippen LogP contribution in [0.1, 0.15) is 25.3 Å². The lowest BCUT2D eigenvalue weighted by Crippen LogP contribution is -2.24. The zero-order chi connectivity index (χ0) is 19.9. The molecule has 0 aliphatic heterocycles. The van der Waals surface area contributed by atoms with Crippen molar-refractivity contribution < 1.29 is 22.3 Å². The molecular formula is C19H23FN2O4S. The van der Waals surface area contributed by atoms with Gasteiger partial charge < -0.3 is 10.1 Å². The Morgan fingerprint density at radius 2 is 1.85 bits per heavy atom. The molecule has 0 fully saturated rings. The molecule has 146 valence electrons. The molecule has 0 saturated heterocycles. The van der Waals surface area contributed by atoms with Crippen LogP contribution in [-0.4, -0.2) is 27.5 Å². The van der Waals surface area contributed by atoms with E-state index in [4.69, 9.17) is 4.74 Å². The highest BCUT2D eigenvalue weighted by atomic mass is 32.2. The van der Waals surface area contributed by atoms with Gasteiger partial charge >= 0.3 is 0 Å². The van der Waals surface area contributed by atoms with Crippen molar-refractivity contribution in [1.29, 1.82) is 0 Å². The molecule has 0 radical (unpaired) electrons. The van der Waals surface area contributed by atoms with Crippen LogP contribution in [0.3, 0.4) is 0 Å². The average Bonchev–Trinajstić information content (AvgIpc) is 2.63. The minimum atomic E-state index is -3.55. The number of nitrogens with one attached hydrogen (secondary N) is 2. The molecule has 0 saturated carbocycles. The third-order valence-corrected chi connectivity index (χ3v) is 5.28. The molecule has 0 heterocycles. The Morgan fingerprint density at radius 1 is 1.15 bits per heavy atom. The number of hydrogen-bond donors (Lipinski definition) is 2. The van der Waals surface area contributed by atoms with Gasteiger partial charge in [0.1, 0.15) is 11.6 Å². The molecule has 27 heavy (non-hydrogen) atoms. The van der Waals surface area contributed by atoms with Gasteiger partial charge in [0.15, 0.2) is 6.61 Å². The third kappa shape index (κ3) is 6.33. The second-order valence-corrected chi connectivity index (χ2v) is 7.79. The monoisotopic (exact) mass is 394 g/mol. The van der Waals surface area contributed by atoms with Gasteiger partial charge in [0.2, 0.25) is 10.0 Å². The zero-order valence-corrected chi connectivity index (χ0v) is 16.1. The summed E-state index contributed by atoms with van der Waals surface area (Å²) in [6, 6.07) is 9.91. The first-order chi connectivity index (χ1) is 12.8. The van der Waals surface area contributed by atoms with Crippen molar-refractivity contribution in [3.05, 3.63) is 53.8 Å². The van der Waals surface area contributed by atoms with E-state index in [0.29, 0.717) is 18.0 Å². The Kier molecular flexibility index (Phi) is 7.32. The topological polar surface area (TPSA) is 84.5 Å². The number of hydrogen-bond acceptors (Lipinski definition) is 4. The van der Waals surface area contributed by atoms with Gasteiger partial charge in [-0.2, -0.15) is 0 Å². The summed E-state index contributed by atoms with van der Waals surface area (Å²) < 4.78 is 45.3. The normalized spacial score (nSPS) is 11.2. The Hall–Kier alpha value is -2.45. The van der Waals surface area contributed by atoms with Crippen molar-refractivity contribution in [3.63, 3.8) is 0 Å². The summed E-state index contributed by atoms with van der Waals surface area (Å²) in [6.07, 6.45) is 1.66. The highest BCUT2D eigenvalue weighted by Gasteiger charge is 2.13. The molecule has 2 aromatic carbocycles. The predicted octanol–water partition coefficient (Wildman–Crippen LogP) is 3.23. The van der Waals surface area contributed by atoms with Crippen LogP contribution < -0.4 is 14.8 Å². The molecule has 0 aromatic heterocycles. The van der Waals surface area contributed by atoms with Gasteiger partial charge in [0.25, 0.3) is 5.91 Å². The maximum Gasteiger partial charge on any atom is 0.262 e. The number of aryl methyl sites for hydroxylation is 1. The fraction of sp³-hybridized carbons (Fsp3) is 0.316. The molecule has 1 amide bonds. The number of anilines is 1. The van der Waals surface area contributed by atoms with Gasteiger partial charge in [-0.05, 0) is 55.3 Å². The van der Waals surface area contributed by atoms with Gasteiger partial charge in [-0.25, -0.2) is 17.5 Å². The van der Waals surface area contributed by atoms with E-state index in [0.717, 1.165) is 18.4 Å². The minimum Gasteiger partial charge on any atom is -0.484 e. The van der Waals surface area contributed by atoms with Crippen LogP contribution in [0.15, 0.2) is 47.4 Å². The molecule has 0 unspecified atom stereocenters. The molecule has 0 atom stereocenters. The number of benzene rings is 2. The maximum atomic E-state index is 13.2. The van der Waals surface area contributed by atoms with Crippen LogP contribution in [0.4, 0.5) is 10.1 Å². The lowest BCUT2D eigenvalue weighted by Gasteiger charge is -2.10. The first kappa shape index (κ1) is 20.9. The van der Waals surface area contributed by atoms with Gasteiger partial charge in [0.05, 0.1) is 4.90 Å². The van der Waals surface area contributed by atoms with Gasteiger partial charge in [-0.15, -0.1) is 0 Å². The summed E-state index contributed by atoms with van der Waals surface area (Å²) in [6.45, 7) is 3.84. The van der Waals surface area contributed by atoms with Crippen LogP contribution in [0, 0.1) is 12.7 Å². The molecule has 0 bridgehead atoms. The summed E-state index contributed by atoms with van der Waals surface area (Å²) >= 11 is 0. The van der Waals surface area contributed by atoms with Crippen molar-refractivity contribution in [2.24, 2.45) is 0 Å². The highest BCUT2D eigenvalue weighted by Crippen LogP contribution is 2.17. The van der Waals surface area contributed by atoms with E-state index in [1.54, 1.807) is 13.0 Å². The lowest BCUT2D eigenvalue weighted by molar-refractivity contribution is -0.118. The number of ether oxygens (including phenoxy) is 1. The summed E-state index contributed by atoms with van der Waals surface area (Å²) in [5.41, 5.74) is 1.11. The second kappa shape index (κ2) is 9.48. The summed E-state index contributed by atoms with van der Waals surface area (Å²) in [4.78, 5) is 12.1. The number of carbonyl (C=O) groups is 1. The predicted molar refractivity (Wildman–Crippen MR) is 102 cm³/mol. The maximum absolute atomic E-state index is 13.2. The zero-order valence-electron chi connectivity index (χ0n) is 15.3. The van der Waals surface area contributed by atoms with E-state index >= 15 is 0 Å². The number of sulfonamides is 1. The smallest absolute Gasteiger partial charge is 0.262 e. The van der Waals surface area contributed by atoms with Crippen molar-refractivity contribution in [2.75, 3.05) is 18.5 Å². The third-order valence-electron chi connectivity index (χ3n) is 3.80. The molecule has 2 aromatic rings. The van der Waals surface area contributed by atoms with Crippen LogP contribution in [-0.2, 0) is 14.8 Å². The molecule has 6 nitrogen and oxygen atoms in total. The Bertz CT molecular complexity index is 883. The van der Waals surface area contributed by atoms with E-state index in [-0.39, 0.29) is 11.5 Å². The number of rotatable bonds is 9. The van der Waals surface area contributed by atoms with Gasteiger partial charge in [-0.3, -0.25) is 4.79 Å². The van der Waals surface area contributed by atoms with Crippen LogP contribution in [0.5, 0.6) is 5.75 Å². The standard InChI is InChI=1S/C19H23FN2O4S/c1-3-4-11-21-27(24,25)17-9-7-16(8-10-17)26-13-19(23)22-18-12-15(20)6-5-14(18)2/h5-10,12,21H,3-4,11,13H2,1-2H3,(H,22,23). The van der Waals surface area contributed by atoms with E-state index in [2.05, 4.69) is 10.0 Å². The van der Waals surface area contributed by atoms with Crippen molar-refractivity contribution in [1.82, 2.24) is 4.72 Å². The summed E-state index contributed by atoms with van der Waals surface area (Å²) in [7, 11) is -3.55. The highest BCUT2D eigenvalue weighted by molar-refractivity contribution is 7.89. The Labute approximate surface area is 158 Å². The van der Waals surface area contributed by atoms with E-state index < -0.39 is 21.7 Å². The largest absolute Gasteiger partial charge is 0.484 e. The molecular weight excluding hydrogens is 371 g/mol. The molecule has 0 aliphatic rings. The molecule has 2 N–H and O–H groups in total. The van der Waals surface area contributed by atoms with E-state index in [1.165, 1.54) is 36.4 Å². The molecule has 8 heteroatoms. The van der Waals surface area contributed by atoms with Crippen molar-refractivity contribution in [3.8, 4) is 5.75 Å². The lowest BCUT2D eigenvalue weighted by atomic mass is 10.2. The van der Waals surface area contributed by atoms with Crippen LogP contribution in [0.25, 0.3) is 0 Å². The Balaban J connectivity index is 1.91. The molecule has 2 rings (SSSR count). The first-order valence-corrected chi connectivity index (χ1v) is 10.1. The van der Waals surface area contributed by atoms with Crippen LogP contribution >= 0.6 is 0 Å². The fourth-order valence-corrected chi connectivity index (χ4v) is 3.32. The summed E-state index contributed by atoms with van der Waals surface area (Å²) in [5, 5.41) is 2.58. The van der Waals surface area contributed by atoms with E-state index in [9.17, 15) is 17.6 Å². The Morgan fingerprint density at radius 3 is 2.52 bits per heavy atom. The quantitative estimate of drug-likeness (QED) is 0.640. The van der Waals surface area contributed by atoms with Crippen molar-refractivity contribution >= 4 is 21.6 Å². The minimum absolute atomic E-state index is 0.130. The van der Waals surface area contributed by atoms with Crippen molar-refractivity contribution in [2.45, 2.75) is 31.6 Å². The molecule has 0 aliphatic carbocycles. The number of amides is 1. The number of carbonyl (C=O) groups excluding carboxylic acids is 1. The van der Waals surface area contributed by atoms with Gasteiger partial charge in [0, 0.05) is 12.2 Å². The molecule has 0 spiro atoms.